The van der Waals surface area contributed by atoms with Gasteiger partial charge in [0.15, 0.2) is 0 Å². The molecule has 0 saturated carbocycles. The molecule has 260 valence electrons. The van der Waals surface area contributed by atoms with Gasteiger partial charge in [-0.3, -0.25) is 20.4 Å². The van der Waals surface area contributed by atoms with Crippen molar-refractivity contribution < 1.29 is 0 Å². The molecule has 2 aliphatic carbocycles. The fraction of sp³-hybridized carbons (Fsp3) is 0.125. The van der Waals surface area contributed by atoms with Crippen LogP contribution in [0.1, 0.15) is 42.3 Å². The van der Waals surface area contributed by atoms with Crippen LogP contribution < -0.4 is 0 Å². The van der Waals surface area contributed by atoms with Crippen molar-refractivity contribution in [1.29, 1.82) is 5.41 Å². The Bertz CT molecular complexity index is 2290. The molecular weight excluding hydrogens is 647 g/mol. The van der Waals surface area contributed by atoms with Crippen LogP contribution in [-0.4, -0.2) is 35.8 Å². The molecule has 4 aromatic rings. The van der Waals surface area contributed by atoms with Crippen LogP contribution in [0.4, 0.5) is 0 Å². The summed E-state index contributed by atoms with van der Waals surface area (Å²) in [5, 5.41) is 9.35. The zero-order chi connectivity index (χ0) is 36.8. The van der Waals surface area contributed by atoms with Gasteiger partial charge in [0.2, 0.25) is 0 Å². The van der Waals surface area contributed by atoms with Gasteiger partial charge in [-0.2, -0.15) is 0 Å². The molecule has 3 atom stereocenters. The molecule has 0 radical (unpaired) electrons. The minimum atomic E-state index is -0.230. The van der Waals surface area contributed by atoms with E-state index in [9.17, 15) is 5.41 Å². The van der Waals surface area contributed by atoms with E-state index < -0.39 is 0 Å². The van der Waals surface area contributed by atoms with Crippen LogP contribution in [-0.2, 0) is 0 Å². The summed E-state index contributed by atoms with van der Waals surface area (Å²) in [6.45, 7) is 8.23. The van der Waals surface area contributed by atoms with Crippen LogP contribution in [0.2, 0.25) is 0 Å². The maximum absolute atomic E-state index is 9.35. The molecule has 0 spiro atoms. The molecule has 5 heteroatoms. The minimum Gasteiger partial charge on any atom is -0.355 e. The number of hydrogen-bond donors (Lipinski definition) is 1. The topological polar surface area (TPSA) is 64.2 Å². The Morgan fingerprint density at radius 3 is 2.26 bits per heavy atom. The second-order valence-corrected chi connectivity index (χ2v) is 13.6. The lowest BCUT2D eigenvalue weighted by atomic mass is 9.66. The molecule has 0 amide bonds. The molecule has 7 rings (SSSR count). The van der Waals surface area contributed by atoms with Gasteiger partial charge >= 0.3 is 0 Å². The van der Waals surface area contributed by atoms with Gasteiger partial charge in [0.25, 0.3) is 0 Å². The monoisotopic (exact) mass is 689 g/mol. The smallest absolute Gasteiger partial charge is 0.146 e. The van der Waals surface area contributed by atoms with Crippen molar-refractivity contribution in [1.82, 2.24) is 4.90 Å². The van der Waals surface area contributed by atoms with Crippen molar-refractivity contribution in [2.45, 2.75) is 20.0 Å². The minimum absolute atomic E-state index is 0.00596. The maximum Gasteiger partial charge on any atom is 0.146 e. The van der Waals surface area contributed by atoms with Gasteiger partial charge in [0.1, 0.15) is 6.17 Å². The number of benzene rings is 4. The Kier molecular flexibility index (Phi) is 10.2. The number of allylic oxidation sites excluding steroid dienone is 10. The standard InChI is InChI=1S/C48H43N5/c1-5-27-50-43(6-2)41-31-34(33-52-44-24-26-48(3)25-11-10-15-42(48)45(44)46(49)38-13-8-7-9-14-38)30-40(32-41)37-18-16-35(17-19-37)36-20-22-39(23-21-36)47-51-28-12-29-53(47)4/h5-33,42,47,49H,2H2,1,3-4H3/b27-5-,49-46?,50-43+,52-33+/t42-,47?,48?/m1/s1. The van der Waals surface area contributed by atoms with Crippen LogP contribution in [0.15, 0.2) is 197 Å². The third-order valence-electron chi connectivity index (χ3n) is 10.00. The van der Waals surface area contributed by atoms with Crippen LogP contribution in [0.5, 0.6) is 0 Å². The molecule has 0 aromatic heterocycles. The van der Waals surface area contributed by atoms with Gasteiger partial charge in [-0.1, -0.05) is 129 Å². The Morgan fingerprint density at radius 2 is 1.57 bits per heavy atom. The van der Waals surface area contributed by atoms with Gasteiger partial charge in [0.05, 0.1) is 17.1 Å². The summed E-state index contributed by atoms with van der Waals surface area (Å²) in [5.41, 5.74) is 11.1. The average molecular weight is 690 g/mol. The molecule has 3 aliphatic rings. The van der Waals surface area contributed by atoms with Gasteiger partial charge < -0.3 is 4.90 Å². The van der Waals surface area contributed by atoms with Crippen LogP contribution in [0.3, 0.4) is 0 Å². The van der Waals surface area contributed by atoms with E-state index in [0.29, 0.717) is 5.71 Å². The summed E-state index contributed by atoms with van der Waals surface area (Å²) >= 11 is 0. The van der Waals surface area contributed by atoms with Gasteiger partial charge in [-0.25, -0.2) is 0 Å². The number of fused-ring (bicyclic) bond motifs is 1. The first-order chi connectivity index (χ1) is 25.9. The van der Waals surface area contributed by atoms with Crippen molar-refractivity contribution >= 4 is 23.9 Å². The average Bonchev–Trinajstić information content (AvgIpc) is 3.20. The highest BCUT2D eigenvalue weighted by Crippen LogP contribution is 2.45. The number of hydrogen-bond acceptors (Lipinski definition) is 5. The molecule has 53 heavy (non-hydrogen) atoms. The normalized spacial score (nSPS) is 20.8. The maximum atomic E-state index is 9.35. The molecule has 1 heterocycles. The second kappa shape index (κ2) is 15.4. The van der Waals surface area contributed by atoms with E-state index in [1.54, 1.807) is 12.3 Å². The van der Waals surface area contributed by atoms with E-state index in [-0.39, 0.29) is 17.5 Å². The second-order valence-electron chi connectivity index (χ2n) is 13.6. The Labute approximate surface area is 313 Å². The van der Waals surface area contributed by atoms with E-state index in [1.807, 2.05) is 75.1 Å². The predicted molar refractivity (Wildman–Crippen MR) is 224 cm³/mol. The van der Waals surface area contributed by atoms with Crippen LogP contribution in [0.25, 0.3) is 22.3 Å². The molecule has 5 nitrogen and oxygen atoms in total. The molecular formula is C48H43N5. The summed E-state index contributed by atoms with van der Waals surface area (Å²) in [6, 6.07) is 33.7. The number of aliphatic imine (C=N–C) groups is 3. The summed E-state index contributed by atoms with van der Waals surface area (Å²) in [6.07, 6.45) is 26.1. The van der Waals surface area contributed by atoms with Gasteiger partial charge in [-0.15, -0.1) is 0 Å². The third kappa shape index (κ3) is 7.46. The predicted octanol–water partition coefficient (Wildman–Crippen LogP) is 11.1. The zero-order valence-corrected chi connectivity index (χ0v) is 30.4. The summed E-state index contributed by atoms with van der Waals surface area (Å²) in [4.78, 5) is 16.5. The molecule has 2 unspecified atom stereocenters. The van der Waals surface area contributed by atoms with E-state index in [4.69, 9.17) is 4.99 Å². The summed E-state index contributed by atoms with van der Waals surface area (Å²) < 4.78 is 0. The van der Waals surface area contributed by atoms with Crippen LogP contribution in [0, 0.1) is 16.7 Å². The Morgan fingerprint density at radius 1 is 0.849 bits per heavy atom. The lowest BCUT2D eigenvalue weighted by molar-refractivity contribution is 0.345. The zero-order valence-electron chi connectivity index (χ0n) is 30.4. The quantitative estimate of drug-likeness (QED) is 0.166. The lowest BCUT2D eigenvalue weighted by Gasteiger charge is -2.37. The SMILES string of the molecule is C=C/C(=N\C=C/C)c1cc(/C=N/C2=C(C(=N)c3ccccc3)[C@H]3C=CC=CC3(C)C=C2)cc(-c2ccc(-c3ccc(C4N=CC=CN4C)cc3)cc2)c1. The van der Waals surface area contributed by atoms with Crippen LogP contribution >= 0.6 is 0 Å². The molecule has 4 aromatic carbocycles. The molecule has 1 aliphatic heterocycles. The highest BCUT2D eigenvalue weighted by Gasteiger charge is 2.37. The first kappa shape index (κ1) is 35.0. The first-order valence-corrected chi connectivity index (χ1v) is 17.9. The summed E-state index contributed by atoms with van der Waals surface area (Å²) in [5.74, 6) is -0.00596. The molecule has 0 bridgehead atoms. The lowest BCUT2D eigenvalue weighted by Crippen LogP contribution is -2.31. The number of rotatable bonds is 10. The Hall–Kier alpha value is -6.46. The Balaban J connectivity index is 1.24. The fourth-order valence-electron chi connectivity index (χ4n) is 7.08. The highest BCUT2D eigenvalue weighted by molar-refractivity contribution is 6.12. The van der Waals surface area contributed by atoms with E-state index in [2.05, 4.69) is 132 Å². The van der Waals surface area contributed by atoms with E-state index >= 15 is 0 Å². The van der Waals surface area contributed by atoms with E-state index in [1.165, 1.54) is 0 Å². The third-order valence-corrected chi connectivity index (χ3v) is 10.00. The van der Waals surface area contributed by atoms with Gasteiger partial charge in [0, 0.05) is 54.3 Å². The fourth-order valence-corrected chi connectivity index (χ4v) is 7.08. The van der Waals surface area contributed by atoms with Crippen molar-refractivity contribution in [2.24, 2.45) is 26.3 Å². The first-order valence-electron chi connectivity index (χ1n) is 17.9. The van der Waals surface area contributed by atoms with Crippen molar-refractivity contribution in [3.63, 3.8) is 0 Å². The van der Waals surface area contributed by atoms with Crippen molar-refractivity contribution in [3.8, 4) is 22.3 Å². The molecule has 0 saturated heterocycles. The highest BCUT2D eigenvalue weighted by atomic mass is 15.2. The summed E-state index contributed by atoms with van der Waals surface area (Å²) in [7, 11) is 2.04. The van der Waals surface area contributed by atoms with E-state index in [0.717, 1.165) is 61.5 Å². The number of nitrogens with one attached hydrogen (secondary N) is 1. The molecule has 1 N–H and O–H groups in total. The van der Waals surface area contributed by atoms with Crippen molar-refractivity contribution in [2.75, 3.05) is 7.05 Å². The van der Waals surface area contributed by atoms with Gasteiger partial charge in [-0.05, 0) is 82.3 Å². The molecule has 0 fully saturated rings. The number of nitrogens with zero attached hydrogens (tertiary/aromatic N) is 4. The van der Waals surface area contributed by atoms with Crippen molar-refractivity contribution in [3.05, 3.63) is 204 Å². The largest absolute Gasteiger partial charge is 0.355 e.